The number of benzene rings is 1. The maximum absolute atomic E-state index is 12.5. The fourth-order valence-corrected chi connectivity index (χ4v) is 3.06. The van der Waals surface area contributed by atoms with E-state index in [9.17, 15) is 4.79 Å². The van der Waals surface area contributed by atoms with Crippen molar-refractivity contribution in [2.24, 2.45) is 0 Å². The van der Waals surface area contributed by atoms with Gasteiger partial charge < -0.3 is 19.8 Å². The molecule has 0 saturated carbocycles. The van der Waals surface area contributed by atoms with Gasteiger partial charge >= 0.3 is 5.97 Å². The number of nitrogen functional groups attached to an aromatic ring is 1. The number of carbonyl (C=O) groups excluding carboxylic acids is 1. The second kappa shape index (κ2) is 6.83. The van der Waals surface area contributed by atoms with Crippen molar-refractivity contribution < 1.29 is 14.3 Å². The molecule has 0 fully saturated rings. The predicted molar refractivity (Wildman–Crippen MR) is 94.5 cm³/mol. The maximum atomic E-state index is 12.5. The van der Waals surface area contributed by atoms with Gasteiger partial charge in [-0.25, -0.2) is 4.79 Å². The summed E-state index contributed by atoms with van der Waals surface area (Å²) in [5.74, 6) is 0.305. The Balaban J connectivity index is 2.15. The van der Waals surface area contributed by atoms with Gasteiger partial charge in [-0.1, -0.05) is 12.1 Å². The minimum Gasteiger partial charge on any atom is -0.497 e. The molecule has 1 heterocycles. The van der Waals surface area contributed by atoms with Crippen molar-refractivity contribution in [2.45, 2.75) is 26.2 Å². The smallest absolute Gasteiger partial charge is 0.357 e. The summed E-state index contributed by atoms with van der Waals surface area (Å²) < 4.78 is 12.3. The van der Waals surface area contributed by atoms with Gasteiger partial charge in [0, 0.05) is 23.5 Å². The third-order valence-electron chi connectivity index (χ3n) is 4.23. The highest BCUT2D eigenvalue weighted by molar-refractivity contribution is 5.98. The SMILES string of the molecule is CCOC(=O)c1c(N)c(C2=CCCC2)cn1-c1cccc(OC)c1. The third kappa shape index (κ3) is 2.89. The Labute approximate surface area is 141 Å². The lowest BCUT2D eigenvalue weighted by Crippen LogP contribution is -2.12. The molecule has 0 spiro atoms. The van der Waals surface area contributed by atoms with Crippen LogP contribution in [-0.4, -0.2) is 24.3 Å². The average Bonchev–Trinajstić information content (AvgIpc) is 3.22. The number of rotatable bonds is 5. The van der Waals surface area contributed by atoms with Gasteiger partial charge in [-0.2, -0.15) is 0 Å². The molecular formula is C19H22N2O3. The summed E-state index contributed by atoms with van der Waals surface area (Å²) in [6.45, 7) is 2.09. The largest absolute Gasteiger partial charge is 0.497 e. The van der Waals surface area contributed by atoms with E-state index in [0.29, 0.717) is 18.0 Å². The minimum atomic E-state index is -0.414. The van der Waals surface area contributed by atoms with Gasteiger partial charge in [0.2, 0.25) is 0 Å². The molecule has 0 aliphatic heterocycles. The molecule has 1 aromatic carbocycles. The molecule has 0 radical (unpaired) electrons. The zero-order valence-corrected chi connectivity index (χ0v) is 14.0. The Morgan fingerprint density at radius 2 is 2.21 bits per heavy atom. The highest BCUT2D eigenvalue weighted by atomic mass is 16.5. The Bertz CT molecular complexity index is 790. The standard InChI is InChI=1S/C19H22N2O3/c1-3-24-19(22)18-17(20)16(13-7-4-5-8-13)12-21(18)14-9-6-10-15(11-14)23-2/h6-7,9-12H,3-5,8,20H2,1-2H3. The van der Waals surface area contributed by atoms with Gasteiger partial charge in [0.05, 0.1) is 19.4 Å². The van der Waals surface area contributed by atoms with E-state index in [4.69, 9.17) is 15.2 Å². The molecule has 1 aliphatic rings. The number of anilines is 1. The summed E-state index contributed by atoms with van der Waals surface area (Å²) in [5, 5.41) is 0. The molecule has 2 N–H and O–H groups in total. The van der Waals surface area contributed by atoms with Crippen molar-refractivity contribution in [1.82, 2.24) is 4.57 Å². The van der Waals surface area contributed by atoms with Crippen LogP contribution in [0.25, 0.3) is 11.3 Å². The van der Waals surface area contributed by atoms with Crippen LogP contribution in [0.2, 0.25) is 0 Å². The molecule has 126 valence electrons. The van der Waals surface area contributed by atoms with Crippen molar-refractivity contribution in [3.63, 3.8) is 0 Å². The van der Waals surface area contributed by atoms with Crippen LogP contribution < -0.4 is 10.5 Å². The first-order valence-corrected chi connectivity index (χ1v) is 8.17. The summed E-state index contributed by atoms with van der Waals surface area (Å²) in [5.41, 5.74) is 10.1. The number of ether oxygens (including phenoxy) is 2. The molecule has 3 rings (SSSR count). The van der Waals surface area contributed by atoms with Gasteiger partial charge in [0.25, 0.3) is 0 Å². The van der Waals surface area contributed by atoms with E-state index in [1.165, 1.54) is 5.57 Å². The molecule has 0 amide bonds. The molecule has 2 aromatic rings. The lowest BCUT2D eigenvalue weighted by molar-refractivity contribution is 0.0518. The number of carbonyl (C=O) groups is 1. The Hall–Kier alpha value is -2.69. The lowest BCUT2D eigenvalue weighted by atomic mass is 10.1. The number of hydrogen-bond acceptors (Lipinski definition) is 4. The Morgan fingerprint density at radius 3 is 2.88 bits per heavy atom. The molecular weight excluding hydrogens is 304 g/mol. The van der Waals surface area contributed by atoms with Crippen molar-refractivity contribution in [3.8, 4) is 11.4 Å². The summed E-state index contributed by atoms with van der Waals surface area (Å²) in [6.07, 6.45) is 7.26. The van der Waals surface area contributed by atoms with Gasteiger partial charge in [-0.15, -0.1) is 0 Å². The van der Waals surface area contributed by atoms with E-state index < -0.39 is 5.97 Å². The maximum Gasteiger partial charge on any atom is 0.357 e. The van der Waals surface area contributed by atoms with Gasteiger partial charge in [0.15, 0.2) is 5.69 Å². The molecule has 0 bridgehead atoms. The zero-order chi connectivity index (χ0) is 17.1. The number of aromatic nitrogens is 1. The number of nitrogens with zero attached hydrogens (tertiary/aromatic N) is 1. The molecule has 24 heavy (non-hydrogen) atoms. The van der Waals surface area contributed by atoms with Crippen molar-refractivity contribution in [1.29, 1.82) is 0 Å². The second-order valence-corrected chi connectivity index (χ2v) is 5.72. The van der Waals surface area contributed by atoms with Gasteiger partial charge in [0.1, 0.15) is 5.75 Å². The second-order valence-electron chi connectivity index (χ2n) is 5.72. The number of hydrogen-bond donors (Lipinski definition) is 1. The average molecular weight is 326 g/mol. The van der Waals surface area contributed by atoms with Crippen molar-refractivity contribution >= 4 is 17.2 Å². The predicted octanol–water partition coefficient (Wildman–Crippen LogP) is 3.81. The molecule has 5 nitrogen and oxygen atoms in total. The quantitative estimate of drug-likeness (QED) is 0.848. The van der Waals surface area contributed by atoms with Crippen LogP contribution >= 0.6 is 0 Å². The molecule has 5 heteroatoms. The van der Waals surface area contributed by atoms with Crippen molar-refractivity contribution in [2.75, 3.05) is 19.5 Å². The van der Waals surface area contributed by atoms with Crippen LogP contribution in [-0.2, 0) is 4.74 Å². The fraction of sp³-hybridized carbons (Fsp3) is 0.316. The van der Waals surface area contributed by atoms with Gasteiger partial charge in [-0.3, -0.25) is 0 Å². The van der Waals surface area contributed by atoms with Crippen LogP contribution in [0.3, 0.4) is 0 Å². The van der Waals surface area contributed by atoms with E-state index in [-0.39, 0.29) is 0 Å². The van der Waals surface area contributed by atoms with E-state index in [1.807, 2.05) is 30.5 Å². The molecule has 1 aliphatic carbocycles. The summed E-state index contributed by atoms with van der Waals surface area (Å²) in [4.78, 5) is 12.5. The topological polar surface area (TPSA) is 66.5 Å². The fourth-order valence-electron chi connectivity index (χ4n) is 3.06. The first-order valence-electron chi connectivity index (χ1n) is 8.17. The summed E-state index contributed by atoms with van der Waals surface area (Å²) in [7, 11) is 1.62. The van der Waals surface area contributed by atoms with Crippen LogP contribution in [0.5, 0.6) is 5.75 Å². The van der Waals surface area contributed by atoms with E-state index in [2.05, 4.69) is 6.08 Å². The van der Waals surface area contributed by atoms with Crippen molar-refractivity contribution in [3.05, 3.63) is 47.8 Å². The number of nitrogens with two attached hydrogens (primary N) is 1. The molecule has 0 saturated heterocycles. The van der Waals surface area contributed by atoms with Crippen LogP contribution in [0, 0.1) is 0 Å². The first-order chi connectivity index (χ1) is 11.7. The normalized spacial score (nSPS) is 13.7. The van der Waals surface area contributed by atoms with Crippen LogP contribution in [0.4, 0.5) is 5.69 Å². The summed E-state index contributed by atoms with van der Waals surface area (Å²) in [6, 6.07) is 7.53. The van der Waals surface area contributed by atoms with Gasteiger partial charge in [-0.05, 0) is 43.9 Å². The van der Waals surface area contributed by atoms with E-state index >= 15 is 0 Å². The van der Waals surface area contributed by atoms with E-state index in [0.717, 1.165) is 36.3 Å². The highest BCUT2D eigenvalue weighted by Crippen LogP contribution is 2.36. The minimum absolute atomic E-state index is 0.305. The number of esters is 1. The summed E-state index contributed by atoms with van der Waals surface area (Å²) >= 11 is 0. The highest BCUT2D eigenvalue weighted by Gasteiger charge is 2.24. The van der Waals surface area contributed by atoms with Crippen LogP contribution in [0.1, 0.15) is 42.2 Å². The monoisotopic (exact) mass is 326 g/mol. The third-order valence-corrected chi connectivity index (χ3v) is 4.23. The zero-order valence-electron chi connectivity index (χ0n) is 14.0. The number of allylic oxidation sites excluding steroid dienone is 2. The van der Waals surface area contributed by atoms with E-state index in [1.54, 1.807) is 18.6 Å². The molecule has 1 aromatic heterocycles. The molecule has 0 unspecified atom stereocenters. The Morgan fingerprint density at radius 1 is 1.38 bits per heavy atom. The molecule has 0 atom stereocenters. The van der Waals surface area contributed by atoms with Crippen LogP contribution in [0.15, 0.2) is 36.5 Å². The first kappa shape index (κ1) is 16.2. The lowest BCUT2D eigenvalue weighted by Gasteiger charge is -2.10. The number of methoxy groups -OCH3 is 1. The Kier molecular flexibility index (Phi) is 4.60.